The predicted molar refractivity (Wildman–Crippen MR) is 268 cm³/mol. The fourth-order valence-electron chi connectivity index (χ4n) is 7.50. The van der Waals surface area contributed by atoms with E-state index in [9.17, 15) is 19.2 Å². The van der Waals surface area contributed by atoms with Crippen LogP contribution in [0.2, 0.25) is 10.0 Å². The standard InChI is InChI=1S/C29H42ClN5O3.C21H26ClN5O3/c1-3-4-5-6-7-8-9-10-11-12-13-14-21-38-26(37)20-19-25(36)31-24-17-15-23(16-18-24)28-32-29-27(30)22(2)33-35(29)34-28;1-4-6-7-14(5-2)21(29)30-12-17(28)23-16-10-8-15(9-11-16)19-24-20-18(22)13(3)25-27(20)26-19/h15-18,33H,3-14,19-21H2,1-2H3,(H,31,36);8-11,14,25H,4-7,12H2,1-3H3,(H,23,28). The number of rotatable bonds is 27. The molecule has 68 heavy (non-hydrogen) atoms. The zero-order valence-corrected chi connectivity index (χ0v) is 41.7. The Morgan fingerprint density at radius 3 is 1.51 bits per heavy atom. The molecule has 6 rings (SSSR count). The van der Waals surface area contributed by atoms with Crippen LogP contribution < -0.4 is 10.6 Å². The minimum absolute atomic E-state index is 0.0764. The van der Waals surface area contributed by atoms with Crippen molar-refractivity contribution < 1.29 is 28.7 Å². The Balaban J connectivity index is 0.000000261. The molecule has 4 heterocycles. The number of ether oxygens (including phenoxy) is 2. The third-order valence-electron chi connectivity index (χ3n) is 11.6. The average Bonchev–Trinajstić information content (AvgIpc) is 4.08. The van der Waals surface area contributed by atoms with Gasteiger partial charge in [-0.15, -0.1) is 10.2 Å². The van der Waals surface area contributed by atoms with E-state index in [1.165, 1.54) is 68.8 Å². The van der Waals surface area contributed by atoms with E-state index in [4.69, 9.17) is 32.7 Å². The van der Waals surface area contributed by atoms with Crippen LogP contribution >= 0.6 is 23.2 Å². The average molecular weight is 976 g/mol. The second-order valence-corrected chi connectivity index (χ2v) is 17.9. The molecule has 2 amide bonds. The lowest BCUT2D eigenvalue weighted by Crippen LogP contribution is -2.24. The molecule has 0 aliphatic rings. The number of nitrogens with one attached hydrogen (secondary N) is 4. The van der Waals surface area contributed by atoms with Gasteiger partial charge >= 0.3 is 11.9 Å². The van der Waals surface area contributed by atoms with Crippen LogP contribution in [0.1, 0.15) is 148 Å². The third-order valence-corrected chi connectivity index (χ3v) is 12.5. The van der Waals surface area contributed by atoms with E-state index >= 15 is 0 Å². The summed E-state index contributed by atoms with van der Waals surface area (Å²) < 4.78 is 13.5. The number of H-pyrrole nitrogens is 2. The molecule has 18 heteroatoms. The number of hydrogen-bond donors (Lipinski definition) is 4. The molecule has 1 unspecified atom stereocenters. The maximum atomic E-state index is 12.2. The van der Waals surface area contributed by atoms with Crippen molar-refractivity contribution in [2.75, 3.05) is 23.8 Å². The maximum Gasteiger partial charge on any atom is 0.309 e. The van der Waals surface area contributed by atoms with Crippen molar-refractivity contribution in [1.82, 2.24) is 39.6 Å². The number of aromatic nitrogens is 8. The van der Waals surface area contributed by atoms with Gasteiger partial charge in [0.1, 0.15) is 10.0 Å². The lowest BCUT2D eigenvalue weighted by atomic mass is 10.00. The summed E-state index contributed by atoms with van der Waals surface area (Å²) >= 11 is 12.4. The Hall–Kier alpha value is -5.74. The molecule has 2 aromatic carbocycles. The summed E-state index contributed by atoms with van der Waals surface area (Å²) in [7, 11) is 0. The monoisotopic (exact) mass is 974 g/mol. The van der Waals surface area contributed by atoms with Crippen molar-refractivity contribution in [3.63, 3.8) is 0 Å². The van der Waals surface area contributed by atoms with Gasteiger partial charge in [0.05, 0.1) is 30.3 Å². The number of amides is 2. The Labute approximate surface area is 409 Å². The van der Waals surface area contributed by atoms with Crippen LogP contribution in [-0.4, -0.2) is 76.6 Å². The summed E-state index contributed by atoms with van der Waals surface area (Å²) in [6, 6.07) is 14.3. The van der Waals surface area contributed by atoms with Crippen molar-refractivity contribution in [1.29, 1.82) is 0 Å². The number of aryl methyl sites for hydroxylation is 2. The second-order valence-electron chi connectivity index (χ2n) is 17.2. The smallest absolute Gasteiger partial charge is 0.309 e. The molecule has 0 radical (unpaired) electrons. The van der Waals surface area contributed by atoms with E-state index in [-0.39, 0.29) is 49.1 Å². The van der Waals surface area contributed by atoms with E-state index < -0.39 is 0 Å². The van der Waals surface area contributed by atoms with Gasteiger partial charge in [-0.05, 0) is 81.6 Å². The molecular weight excluding hydrogens is 908 g/mol. The summed E-state index contributed by atoms with van der Waals surface area (Å²) in [6.45, 7) is 10.1. The molecule has 0 aliphatic heterocycles. The molecule has 0 aliphatic carbocycles. The summed E-state index contributed by atoms with van der Waals surface area (Å²) in [5.74, 6) is -0.337. The quantitative estimate of drug-likeness (QED) is 0.0284. The zero-order chi connectivity index (χ0) is 48.8. The van der Waals surface area contributed by atoms with Gasteiger partial charge in [0, 0.05) is 28.9 Å². The normalized spacial score (nSPS) is 11.6. The molecule has 368 valence electrons. The summed E-state index contributed by atoms with van der Waals surface area (Å²) in [4.78, 5) is 57.3. The van der Waals surface area contributed by atoms with Crippen LogP contribution in [0.25, 0.3) is 34.1 Å². The van der Waals surface area contributed by atoms with E-state index in [2.05, 4.69) is 54.8 Å². The van der Waals surface area contributed by atoms with Gasteiger partial charge in [-0.2, -0.15) is 9.26 Å². The van der Waals surface area contributed by atoms with E-state index in [1.54, 1.807) is 41.0 Å². The number of fused-ring (bicyclic) bond motifs is 2. The number of hydrogen-bond acceptors (Lipinski definition) is 10. The molecule has 0 spiro atoms. The third kappa shape index (κ3) is 16.5. The Kier molecular flexibility index (Phi) is 21.9. The van der Waals surface area contributed by atoms with Crippen LogP contribution in [-0.2, 0) is 28.7 Å². The fraction of sp³-hybridized carbons (Fsp3) is 0.520. The lowest BCUT2D eigenvalue weighted by molar-refractivity contribution is -0.152. The molecule has 16 nitrogen and oxygen atoms in total. The molecule has 4 N–H and O–H groups in total. The number of benzene rings is 2. The highest BCUT2D eigenvalue weighted by molar-refractivity contribution is 6.34. The van der Waals surface area contributed by atoms with Crippen LogP contribution in [0.4, 0.5) is 11.4 Å². The van der Waals surface area contributed by atoms with E-state index in [0.717, 1.165) is 54.6 Å². The minimum Gasteiger partial charge on any atom is -0.466 e. The number of nitrogens with zero attached hydrogens (tertiary/aromatic N) is 6. The summed E-state index contributed by atoms with van der Waals surface area (Å²) in [5.41, 5.74) is 5.56. The maximum absolute atomic E-state index is 12.2. The Morgan fingerprint density at radius 2 is 1.06 bits per heavy atom. The zero-order valence-electron chi connectivity index (χ0n) is 40.2. The highest BCUT2D eigenvalue weighted by Crippen LogP contribution is 2.26. The summed E-state index contributed by atoms with van der Waals surface area (Å²) in [6.07, 6.45) is 18.9. The first-order valence-electron chi connectivity index (χ1n) is 24.2. The number of esters is 2. The first-order valence-corrected chi connectivity index (χ1v) is 25.0. The predicted octanol–water partition coefficient (Wildman–Crippen LogP) is 12.0. The molecule has 0 fully saturated rings. The molecule has 0 saturated carbocycles. The number of carbonyl (C=O) groups excluding carboxylic acids is 4. The molecule has 0 bridgehead atoms. The van der Waals surface area contributed by atoms with Crippen LogP contribution in [0, 0.1) is 19.8 Å². The van der Waals surface area contributed by atoms with Crippen molar-refractivity contribution in [2.24, 2.45) is 5.92 Å². The minimum atomic E-state index is -0.378. The van der Waals surface area contributed by atoms with Gasteiger partial charge in [-0.25, -0.2) is 9.97 Å². The van der Waals surface area contributed by atoms with Crippen LogP contribution in [0.5, 0.6) is 0 Å². The van der Waals surface area contributed by atoms with Crippen molar-refractivity contribution in [3.05, 3.63) is 70.0 Å². The van der Waals surface area contributed by atoms with Crippen molar-refractivity contribution in [3.8, 4) is 22.8 Å². The van der Waals surface area contributed by atoms with Gasteiger partial charge in [-0.3, -0.25) is 29.4 Å². The van der Waals surface area contributed by atoms with Crippen LogP contribution in [0.3, 0.4) is 0 Å². The van der Waals surface area contributed by atoms with Gasteiger partial charge in [0.2, 0.25) is 5.91 Å². The Bertz CT molecular complexity index is 2510. The first-order chi connectivity index (χ1) is 32.9. The number of aromatic amines is 2. The number of unbranched alkanes of at least 4 members (excludes halogenated alkanes) is 12. The molecular formula is C50H68Cl2N10O6. The molecule has 0 saturated heterocycles. The van der Waals surface area contributed by atoms with E-state index in [1.807, 2.05) is 32.9 Å². The number of halogens is 2. The van der Waals surface area contributed by atoms with Crippen molar-refractivity contribution >= 4 is 69.6 Å². The van der Waals surface area contributed by atoms with Gasteiger partial charge in [0.25, 0.3) is 5.91 Å². The second kappa shape index (κ2) is 27.9. The van der Waals surface area contributed by atoms with Gasteiger partial charge in [-0.1, -0.05) is 127 Å². The van der Waals surface area contributed by atoms with Gasteiger partial charge in [0.15, 0.2) is 29.6 Å². The molecule has 6 aromatic rings. The highest BCUT2D eigenvalue weighted by Gasteiger charge is 2.19. The molecule has 4 aromatic heterocycles. The largest absolute Gasteiger partial charge is 0.466 e. The van der Waals surface area contributed by atoms with Gasteiger partial charge < -0.3 is 20.1 Å². The number of carbonyl (C=O) groups is 4. The SMILES string of the molecule is CCCCC(CC)C(=O)OCC(=O)Nc1ccc(-c2nc3c(Cl)c(C)[nH]n3n2)cc1.CCCCCCCCCCCCCCOC(=O)CCC(=O)Nc1ccc(-c2nc3c(Cl)c(C)[nH]n3n2)cc1. The lowest BCUT2D eigenvalue weighted by Gasteiger charge is -2.13. The number of anilines is 2. The fourth-order valence-corrected chi connectivity index (χ4v) is 7.83. The first kappa shape index (κ1) is 53.2. The van der Waals surface area contributed by atoms with Crippen LogP contribution in [0.15, 0.2) is 48.5 Å². The highest BCUT2D eigenvalue weighted by atomic mass is 35.5. The topological polar surface area (TPSA) is 203 Å². The summed E-state index contributed by atoms with van der Waals surface area (Å²) in [5, 5.41) is 21.4. The molecule has 1 atom stereocenters. The van der Waals surface area contributed by atoms with Crippen molar-refractivity contribution in [2.45, 2.75) is 150 Å². The van der Waals surface area contributed by atoms with E-state index in [0.29, 0.717) is 57.4 Å². The Morgan fingerprint density at radius 1 is 0.603 bits per heavy atom.